The van der Waals surface area contributed by atoms with Crippen LogP contribution in [-0.4, -0.2) is 64.7 Å². The number of aryl methyl sites for hydroxylation is 1. The van der Waals surface area contributed by atoms with Crippen LogP contribution in [0.3, 0.4) is 0 Å². The molecule has 1 aliphatic rings. The number of carbonyl (C=O) groups excluding carboxylic acids is 1. The number of fused-ring (bicyclic) bond motifs is 1. The normalized spacial score (nSPS) is 13.4. The van der Waals surface area contributed by atoms with Crippen molar-refractivity contribution in [2.24, 2.45) is 0 Å². The Labute approximate surface area is 239 Å². The zero-order valence-electron chi connectivity index (χ0n) is 23.4. The molecule has 0 spiro atoms. The van der Waals surface area contributed by atoms with E-state index in [4.69, 9.17) is 19.4 Å². The maximum absolute atomic E-state index is 12.9. The van der Waals surface area contributed by atoms with Gasteiger partial charge in [0.1, 0.15) is 23.6 Å². The molecule has 41 heavy (non-hydrogen) atoms. The van der Waals surface area contributed by atoms with Gasteiger partial charge in [0.15, 0.2) is 12.3 Å². The molecule has 5 aromatic rings. The predicted molar refractivity (Wildman–Crippen MR) is 161 cm³/mol. The lowest BCUT2D eigenvalue weighted by molar-refractivity contribution is -0.133. The lowest BCUT2D eigenvalue weighted by Crippen LogP contribution is -2.50. The molecule has 3 heterocycles. The number of hydrogen-bond donors (Lipinski definition) is 0. The number of aromatic nitrogens is 3. The maximum Gasteiger partial charge on any atom is 0.260 e. The van der Waals surface area contributed by atoms with Crippen molar-refractivity contribution in [3.63, 3.8) is 0 Å². The standard InChI is InChI=1S/C33H33N5O3/c1-3-40-27-14-12-26(13-15-27)38-21-29(25-9-5-4-6-10-25)31-32(34-23-35-33(31)38)37-18-16-36(17-19-37)30(39)22-41-28-11-7-8-24(2)20-28/h4-15,20-21,23H,3,16-19,22H2,1-2H3. The number of piperazine rings is 1. The molecule has 0 atom stereocenters. The molecule has 1 fully saturated rings. The number of nitrogens with zero attached hydrogens (tertiary/aromatic N) is 5. The van der Waals surface area contributed by atoms with Crippen molar-refractivity contribution in [1.29, 1.82) is 0 Å². The average molecular weight is 548 g/mol. The Bertz CT molecular complexity index is 1640. The third-order valence-corrected chi connectivity index (χ3v) is 7.36. The SMILES string of the molecule is CCOc1ccc(-n2cc(-c3ccccc3)c3c(N4CCN(C(=O)COc5cccc(C)c5)CC4)ncnc32)cc1. The summed E-state index contributed by atoms with van der Waals surface area (Å²) in [4.78, 5) is 26.5. The van der Waals surface area contributed by atoms with Gasteiger partial charge >= 0.3 is 0 Å². The monoisotopic (exact) mass is 547 g/mol. The van der Waals surface area contributed by atoms with Gasteiger partial charge in [-0.1, -0.05) is 42.5 Å². The Morgan fingerprint density at radius 2 is 1.63 bits per heavy atom. The van der Waals surface area contributed by atoms with Crippen LogP contribution in [-0.2, 0) is 4.79 Å². The van der Waals surface area contributed by atoms with Gasteiger partial charge in [0, 0.05) is 43.6 Å². The first kappa shape index (κ1) is 26.4. The Morgan fingerprint density at radius 3 is 2.37 bits per heavy atom. The molecule has 0 saturated carbocycles. The predicted octanol–water partition coefficient (Wildman–Crippen LogP) is 5.52. The van der Waals surface area contributed by atoms with Crippen molar-refractivity contribution >= 4 is 22.8 Å². The number of rotatable bonds is 8. The minimum atomic E-state index is -0.00869. The summed E-state index contributed by atoms with van der Waals surface area (Å²) in [7, 11) is 0. The molecule has 3 aromatic carbocycles. The summed E-state index contributed by atoms with van der Waals surface area (Å²) in [5.41, 5.74) is 5.10. The second-order valence-electron chi connectivity index (χ2n) is 10.1. The minimum Gasteiger partial charge on any atom is -0.494 e. The highest BCUT2D eigenvalue weighted by molar-refractivity contribution is 6.02. The first-order valence-electron chi connectivity index (χ1n) is 14.0. The van der Waals surface area contributed by atoms with Gasteiger partial charge in [-0.05, 0) is 61.4 Å². The van der Waals surface area contributed by atoms with Crippen molar-refractivity contribution in [1.82, 2.24) is 19.4 Å². The van der Waals surface area contributed by atoms with Crippen molar-refractivity contribution in [3.8, 4) is 28.3 Å². The van der Waals surface area contributed by atoms with Crippen LogP contribution in [0.2, 0.25) is 0 Å². The summed E-state index contributed by atoms with van der Waals surface area (Å²) in [6, 6.07) is 26.1. The van der Waals surface area contributed by atoms with Crippen LogP contribution in [0.4, 0.5) is 5.82 Å². The van der Waals surface area contributed by atoms with Gasteiger partial charge in [-0.25, -0.2) is 9.97 Å². The molecule has 0 N–H and O–H groups in total. The van der Waals surface area contributed by atoms with E-state index in [0.29, 0.717) is 38.5 Å². The molecular weight excluding hydrogens is 514 g/mol. The second-order valence-corrected chi connectivity index (χ2v) is 10.1. The molecule has 208 valence electrons. The quantitative estimate of drug-likeness (QED) is 0.255. The third-order valence-electron chi connectivity index (χ3n) is 7.36. The van der Waals surface area contributed by atoms with Gasteiger partial charge < -0.3 is 23.8 Å². The number of carbonyl (C=O) groups is 1. The topological polar surface area (TPSA) is 72.7 Å². The van der Waals surface area contributed by atoms with Gasteiger partial charge in [0.25, 0.3) is 5.91 Å². The van der Waals surface area contributed by atoms with Crippen LogP contribution >= 0.6 is 0 Å². The zero-order valence-corrected chi connectivity index (χ0v) is 23.4. The Morgan fingerprint density at radius 1 is 0.854 bits per heavy atom. The number of benzene rings is 3. The highest BCUT2D eigenvalue weighted by Crippen LogP contribution is 2.37. The Kier molecular flexibility index (Phi) is 7.54. The molecule has 1 aliphatic heterocycles. The van der Waals surface area contributed by atoms with E-state index in [9.17, 15) is 4.79 Å². The number of anilines is 1. The van der Waals surface area contributed by atoms with E-state index in [1.165, 1.54) is 0 Å². The van der Waals surface area contributed by atoms with Crippen molar-refractivity contribution in [2.75, 3.05) is 44.3 Å². The van der Waals surface area contributed by atoms with E-state index in [2.05, 4.69) is 27.8 Å². The van der Waals surface area contributed by atoms with Crippen LogP contribution in [0.1, 0.15) is 12.5 Å². The first-order chi connectivity index (χ1) is 20.1. The van der Waals surface area contributed by atoms with Gasteiger partial charge in [-0.15, -0.1) is 0 Å². The highest BCUT2D eigenvalue weighted by atomic mass is 16.5. The van der Waals surface area contributed by atoms with Gasteiger partial charge in [-0.3, -0.25) is 4.79 Å². The molecule has 0 aliphatic carbocycles. The largest absolute Gasteiger partial charge is 0.494 e. The van der Waals surface area contributed by atoms with Gasteiger partial charge in [-0.2, -0.15) is 0 Å². The lowest BCUT2D eigenvalue weighted by Gasteiger charge is -2.35. The fraction of sp³-hybridized carbons (Fsp3) is 0.242. The lowest BCUT2D eigenvalue weighted by atomic mass is 10.1. The zero-order chi connectivity index (χ0) is 28.2. The van der Waals surface area contributed by atoms with E-state index in [1.807, 2.05) is 85.5 Å². The minimum absolute atomic E-state index is 0.00869. The fourth-order valence-electron chi connectivity index (χ4n) is 5.30. The van der Waals surface area contributed by atoms with E-state index in [-0.39, 0.29) is 12.5 Å². The summed E-state index contributed by atoms with van der Waals surface area (Å²) in [5, 5.41) is 0.996. The third kappa shape index (κ3) is 5.59. The van der Waals surface area contributed by atoms with Crippen LogP contribution in [0.5, 0.6) is 11.5 Å². The van der Waals surface area contributed by atoms with Crippen LogP contribution in [0.15, 0.2) is 91.4 Å². The van der Waals surface area contributed by atoms with Crippen molar-refractivity contribution in [3.05, 3.63) is 97.0 Å². The number of hydrogen-bond acceptors (Lipinski definition) is 6. The number of ether oxygens (including phenoxy) is 2. The molecule has 8 heteroatoms. The summed E-state index contributed by atoms with van der Waals surface area (Å²) >= 11 is 0. The molecule has 2 aromatic heterocycles. The van der Waals surface area contributed by atoms with E-state index in [0.717, 1.165) is 45.0 Å². The molecule has 0 radical (unpaired) electrons. The van der Waals surface area contributed by atoms with Crippen molar-refractivity contribution in [2.45, 2.75) is 13.8 Å². The summed E-state index contributed by atoms with van der Waals surface area (Å²) in [6.45, 7) is 7.18. The molecule has 1 amide bonds. The van der Waals surface area contributed by atoms with E-state index >= 15 is 0 Å². The highest BCUT2D eigenvalue weighted by Gasteiger charge is 2.26. The maximum atomic E-state index is 12.9. The van der Waals surface area contributed by atoms with Crippen molar-refractivity contribution < 1.29 is 14.3 Å². The first-order valence-corrected chi connectivity index (χ1v) is 14.0. The van der Waals surface area contributed by atoms with Crippen LogP contribution < -0.4 is 14.4 Å². The Balaban J connectivity index is 1.26. The summed E-state index contributed by atoms with van der Waals surface area (Å²) < 4.78 is 13.5. The van der Waals surface area contributed by atoms with Crippen LogP contribution in [0.25, 0.3) is 27.8 Å². The van der Waals surface area contributed by atoms with Gasteiger partial charge in [0.05, 0.1) is 12.0 Å². The molecule has 8 nitrogen and oxygen atoms in total. The number of amides is 1. The average Bonchev–Trinajstić information content (AvgIpc) is 3.41. The fourth-order valence-corrected chi connectivity index (χ4v) is 5.30. The smallest absolute Gasteiger partial charge is 0.260 e. The molecule has 0 unspecified atom stereocenters. The molecular formula is C33H33N5O3. The van der Waals surface area contributed by atoms with E-state index < -0.39 is 0 Å². The Hall–Kier alpha value is -4.85. The molecule has 1 saturated heterocycles. The second kappa shape index (κ2) is 11.7. The molecule has 6 rings (SSSR count). The van der Waals surface area contributed by atoms with Gasteiger partial charge in [0.2, 0.25) is 0 Å². The van der Waals surface area contributed by atoms with Crippen LogP contribution in [0, 0.1) is 6.92 Å². The van der Waals surface area contributed by atoms with E-state index in [1.54, 1.807) is 6.33 Å². The molecule has 0 bridgehead atoms. The summed E-state index contributed by atoms with van der Waals surface area (Å²) in [5.74, 6) is 2.42. The summed E-state index contributed by atoms with van der Waals surface area (Å²) in [6.07, 6.45) is 3.76.